The van der Waals surface area contributed by atoms with Crippen molar-refractivity contribution in [2.24, 2.45) is 11.1 Å². The molecule has 0 saturated carbocycles. The normalized spacial score (nSPS) is 18.5. The van der Waals surface area contributed by atoms with Gasteiger partial charge < -0.3 is 29.4 Å². The standard InChI is InChI=1S/C30H36N2O7/c1-8-39-29(34)26-24(17-13-22(36-5)27(38-7)23(14-17)37-6)25-20(15-30(2,3)16-21(25)33)32(28(26)31)18-9-11-19(35-4)12-10-18/h9-14,24H,8,15-16,31H2,1-7H3. The number of nitrogens with zero attached hydrogens (tertiary/aromatic N) is 1. The Morgan fingerprint density at radius 2 is 1.59 bits per heavy atom. The van der Waals surface area contributed by atoms with Gasteiger partial charge in [0.05, 0.1) is 46.5 Å². The van der Waals surface area contributed by atoms with Crippen molar-refractivity contribution in [3.05, 3.63) is 64.6 Å². The van der Waals surface area contributed by atoms with Gasteiger partial charge in [-0.15, -0.1) is 0 Å². The minimum absolute atomic E-state index is 0.0622. The number of methoxy groups -OCH3 is 4. The highest BCUT2D eigenvalue weighted by atomic mass is 16.5. The van der Waals surface area contributed by atoms with Gasteiger partial charge in [-0.25, -0.2) is 4.79 Å². The maximum absolute atomic E-state index is 14.0. The van der Waals surface area contributed by atoms with Crippen LogP contribution in [0.1, 0.15) is 45.1 Å². The van der Waals surface area contributed by atoms with Crippen molar-refractivity contribution in [2.75, 3.05) is 39.9 Å². The van der Waals surface area contributed by atoms with E-state index < -0.39 is 11.9 Å². The van der Waals surface area contributed by atoms with Crippen molar-refractivity contribution in [3.8, 4) is 23.0 Å². The molecule has 39 heavy (non-hydrogen) atoms. The number of ketones is 1. The molecule has 0 bridgehead atoms. The first kappa shape index (κ1) is 27.9. The molecular formula is C30H36N2O7. The van der Waals surface area contributed by atoms with Crippen LogP contribution in [0.3, 0.4) is 0 Å². The SMILES string of the molecule is CCOC(=O)C1=C(N)N(c2ccc(OC)cc2)C2=C(C(=O)CC(C)(C)C2)C1c1cc(OC)c(OC)c(OC)c1. The molecule has 0 amide bonds. The Labute approximate surface area is 229 Å². The Bertz CT molecular complexity index is 1320. The Morgan fingerprint density at radius 1 is 0.974 bits per heavy atom. The molecule has 2 aromatic carbocycles. The number of allylic oxidation sites excluding steroid dienone is 2. The molecular weight excluding hydrogens is 500 g/mol. The average molecular weight is 537 g/mol. The van der Waals surface area contributed by atoms with E-state index in [1.165, 1.54) is 21.3 Å². The maximum atomic E-state index is 14.0. The van der Waals surface area contributed by atoms with E-state index in [0.29, 0.717) is 52.7 Å². The fraction of sp³-hybridized carbons (Fsp3) is 0.400. The smallest absolute Gasteiger partial charge is 0.338 e. The number of hydrogen-bond donors (Lipinski definition) is 1. The first-order valence-corrected chi connectivity index (χ1v) is 12.8. The molecule has 2 aromatic rings. The fourth-order valence-electron chi connectivity index (χ4n) is 5.45. The number of benzene rings is 2. The number of ether oxygens (including phenoxy) is 5. The average Bonchev–Trinajstić information content (AvgIpc) is 2.91. The Kier molecular flexibility index (Phi) is 7.81. The largest absolute Gasteiger partial charge is 0.497 e. The van der Waals surface area contributed by atoms with Crippen molar-refractivity contribution >= 4 is 17.4 Å². The first-order valence-electron chi connectivity index (χ1n) is 12.8. The van der Waals surface area contributed by atoms with Crippen molar-refractivity contribution in [2.45, 2.75) is 39.5 Å². The van der Waals surface area contributed by atoms with E-state index in [9.17, 15) is 9.59 Å². The number of nitrogens with two attached hydrogens (primary N) is 1. The van der Waals surface area contributed by atoms with E-state index in [4.69, 9.17) is 29.4 Å². The van der Waals surface area contributed by atoms with Gasteiger partial charge in [0, 0.05) is 23.4 Å². The summed E-state index contributed by atoms with van der Waals surface area (Å²) in [5, 5.41) is 0. The molecule has 0 aromatic heterocycles. The van der Waals surface area contributed by atoms with Crippen LogP contribution in [-0.4, -0.2) is 46.8 Å². The fourth-order valence-corrected chi connectivity index (χ4v) is 5.45. The van der Waals surface area contributed by atoms with Crippen LogP contribution < -0.4 is 29.6 Å². The molecule has 1 atom stereocenters. The third-order valence-electron chi connectivity index (χ3n) is 7.11. The Balaban J connectivity index is 2.06. The summed E-state index contributed by atoms with van der Waals surface area (Å²) < 4.78 is 27.5. The third kappa shape index (κ3) is 5.01. The Hall–Kier alpha value is -4.14. The number of carbonyl (C=O) groups excluding carboxylic acids is 2. The molecule has 208 valence electrons. The third-order valence-corrected chi connectivity index (χ3v) is 7.11. The van der Waals surface area contributed by atoms with Gasteiger partial charge in [-0.3, -0.25) is 9.69 Å². The van der Waals surface area contributed by atoms with Crippen molar-refractivity contribution in [3.63, 3.8) is 0 Å². The van der Waals surface area contributed by atoms with E-state index >= 15 is 0 Å². The van der Waals surface area contributed by atoms with Crippen LogP contribution in [0.15, 0.2) is 59.1 Å². The maximum Gasteiger partial charge on any atom is 0.338 e. The summed E-state index contributed by atoms with van der Waals surface area (Å²) in [6.45, 7) is 5.98. The molecule has 9 heteroatoms. The number of esters is 1. The van der Waals surface area contributed by atoms with Crippen LogP contribution in [0.25, 0.3) is 0 Å². The van der Waals surface area contributed by atoms with E-state index in [0.717, 1.165) is 5.70 Å². The van der Waals surface area contributed by atoms with E-state index in [1.54, 1.807) is 31.1 Å². The lowest BCUT2D eigenvalue weighted by atomic mass is 9.68. The number of Topliss-reactive ketones (excluding diaryl/α,β-unsaturated/α-hetero) is 1. The van der Waals surface area contributed by atoms with E-state index in [2.05, 4.69) is 13.8 Å². The van der Waals surface area contributed by atoms with Gasteiger partial charge in [-0.1, -0.05) is 13.8 Å². The number of carbonyl (C=O) groups is 2. The van der Waals surface area contributed by atoms with Gasteiger partial charge in [-0.2, -0.15) is 0 Å². The van der Waals surface area contributed by atoms with Gasteiger partial charge in [0.25, 0.3) is 0 Å². The van der Waals surface area contributed by atoms with Crippen molar-refractivity contribution in [1.29, 1.82) is 0 Å². The predicted octanol–water partition coefficient (Wildman–Crippen LogP) is 4.70. The summed E-state index contributed by atoms with van der Waals surface area (Å²) in [6, 6.07) is 10.8. The molecule has 0 fully saturated rings. The van der Waals surface area contributed by atoms with Gasteiger partial charge in [0.15, 0.2) is 17.3 Å². The van der Waals surface area contributed by atoms with Crippen LogP contribution in [0.4, 0.5) is 5.69 Å². The minimum Gasteiger partial charge on any atom is -0.497 e. The predicted molar refractivity (Wildman–Crippen MR) is 147 cm³/mol. The zero-order valence-corrected chi connectivity index (χ0v) is 23.5. The molecule has 0 radical (unpaired) electrons. The number of rotatable bonds is 8. The second-order valence-electron chi connectivity index (χ2n) is 10.2. The quantitative estimate of drug-likeness (QED) is 0.480. The molecule has 0 saturated heterocycles. The summed E-state index contributed by atoms with van der Waals surface area (Å²) >= 11 is 0. The Morgan fingerprint density at radius 3 is 2.10 bits per heavy atom. The highest BCUT2D eigenvalue weighted by molar-refractivity contribution is 6.05. The molecule has 4 rings (SSSR count). The van der Waals surface area contributed by atoms with Gasteiger partial charge >= 0.3 is 5.97 Å². The van der Waals surface area contributed by atoms with Gasteiger partial charge in [0.2, 0.25) is 5.75 Å². The van der Waals surface area contributed by atoms with Crippen LogP contribution in [0, 0.1) is 5.41 Å². The van der Waals surface area contributed by atoms with Gasteiger partial charge in [0.1, 0.15) is 11.6 Å². The lowest BCUT2D eigenvalue weighted by Gasteiger charge is -2.44. The lowest BCUT2D eigenvalue weighted by molar-refractivity contribution is -0.138. The zero-order chi connectivity index (χ0) is 28.5. The van der Waals surface area contributed by atoms with Crippen molar-refractivity contribution in [1.82, 2.24) is 0 Å². The highest BCUT2D eigenvalue weighted by Gasteiger charge is 2.47. The van der Waals surface area contributed by atoms with Crippen LogP contribution in [0.5, 0.6) is 23.0 Å². The molecule has 0 spiro atoms. The van der Waals surface area contributed by atoms with E-state index in [1.807, 2.05) is 24.3 Å². The van der Waals surface area contributed by atoms with Crippen LogP contribution >= 0.6 is 0 Å². The summed E-state index contributed by atoms with van der Waals surface area (Å²) in [4.78, 5) is 29.3. The molecule has 1 heterocycles. The molecule has 2 N–H and O–H groups in total. The highest BCUT2D eigenvalue weighted by Crippen LogP contribution is 2.52. The minimum atomic E-state index is -0.800. The van der Waals surface area contributed by atoms with Crippen LogP contribution in [0.2, 0.25) is 0 Å². The molecule has 9 nitrogen and oxygen atoms in total. The van der Waals surface area contributed by atoms with Gasteiger partial charge in [-0.05, 0) is 60.7 Å². The van der Waals surface area contributed by atoms with E-state index in [-0.39, 0.29) is 29.2 Å². The molecule has 1 aliphatic carbocycles. The van der Waals surface area contributed by atoms with Crippen LogP contribution in [-0.2, 0) is 14.3 Å². The summed E-state index contributed by atoms with van der Waals surface area (Å²) in [5.74, 6) is 0.610. The zero-order valence-electron chi connectivity index (χ0n) is 23.5. The topological polar surface area (TPSA) is 110 Å². The summed E-state index contributed by atoms with van der Waals surface area (Å²) in [6.07, 6.45) is 0.886. The monoisotopic (exact) mass is 536 g/mol. The molecule has 1 unspecified atom stereocenters. The molecule has 1 aliphatic heterocycles. The number of hydrogen-bond acceptors (Lipinski definition) is 9. The number of anilines is 1. The first-order chi connectivity index (χ1) is 18.6. The summed E-state index contributed by atoms with van der Waals surface area (Å²) in [7, 11) is 6.14. The lowest BCUT2D eigenvalue weighted by Crippen LogP contribution is -2.43. The molecule has 2 aliphatic rings. The second-order valence-corrected chi connectivity index (χ2v) is 10.2. The summed E-state index contributed by atoms with van der Waals surface area (Å²) in [5.41, 5.74) is 9.27. The second kappa shape index (κ2) is 10.9. The van der Waals surface area contributed by atoms with Crippen molar-refractivity contribution < 1.29 is 33.3 Å².